The van der Waals surface area contributed by atoms with Gasteiger partial charge in [-0.1, -0.05) is 0 Å². The average Bonchev–Trinajstić information content (AvgIpc) is 3.23. The van der Waals surface area contributed by atoms with E-state index in [2.05, 4.69) is 29.9 Å². The van der Waals surface area contributed by atoms with Gasteiger partial charge in [-0.15, -0.1) is 0 Å². The fraction of sp³-hybridized carbons (Fsp3) is 0.533. The molecule has 9 nitrogen and oxygen atoms in total. The number of nitrogens with one attached hydrogen (secondary N) is 2. The number of imidazole rings is 1. The first-order valence-electron chi connectivity index (χ1n) is 8.26. The van der Waals surface area contributed by atoms with Crippen molar-refractivity contribution in [2.45, 2.75) is 24.8 Å². The van der Waals surface area contributed by atoms with Crippen molar-refractivity contribution >= 4 is 21.7 Å². The average molecular weight is 365 g/mol. The lowest BCUT2D eigenvalue weighted by atomic mass is 10.4. The number of aromatic nitrogens is 4. The molecule has 0 spiro atoms. The van der Waals surface area contributed by atoms with Crippen molar-refractivity contribution in [3.63, 3.8) is 0 Å². The van der Waals surface area contributed by atoms with Gasteiger partial charge in [0.1, 0.15) is 17.5 Å². The molecule has 2 aromatic heterocycles. The highest BCUT2D eigenvalue weighted by atomic mass is 32.2. The van der Waals surface area contributed by atoms with Crippen LogP contribution in [0.25, 0.3) is 0 Å². The van der Waals surface area contributed by atoms with Gasteiger partial charge in [0.15, 0.2) is 5.03 Å². The number of aryl methyl sites for hydroxylation is 2. The Morgan fingerprint density at radius 2 is 1.96 bits per heavy atom. The molecule has 25 heavy (non-hydrogen) atoms. The topological polar surface area (TPSA) is 105 Å². The van der Waals surface area contributed by atoms with Crippen molar-refractivity contribution in [2.24, 2.45) is 7.05 Å². The summed E-state index contributed by atoms with van der Waals surface area (Å²) in [6, 6.07) is 1.91. The van der Waals surface area contributed by atoms with E-state index in [0.717, 1.165) is 18.9 Å². The van der Waals surface area contributed by atoms with E-state index in [0.29, 0.717) is 18.2 Å². The second kappa shape index (κ2) is 7.36. The molecule has 3 heterocycles. The van der Waals surface area contributed by atoms with E-state index >= 15 is 0 Å². The molecule has 0 aromatic carbocycles. The monoisotopic (exact) mass is 365 g/mol. The molecule has 3 rings (SSSR count). The molecule has 1 aliphatic heterocycles. The molecule has 0 amide bonds. The Labute approximate surface area is 147 Å². The molecule has 0 saturated carbocycles. The van der Waals surface area contributed by atoms with Gasteiger partial charge in [0.05, 0.1) is 6.33 Å². The summed E-state index contributed by atoms with van der Waals surface area (Å²) >= 11 is 0. The number of hydrogen-bond acceptors (Lipinski definition) is 7. The van der Waals surface area contributed by atoms with E-state index in [1.807, 2.05) is 13.0 Å². The zero-order chi connectivity index (χ0) is 17.9. The SMILES string of the molecule is Cc1nc(NCCNS(=O)(=O)c2cn(C)cn2)cc(N2CCCC2)n1. The zero-order valence-electron chi connectivity index (χ0n) is 14.4. The molecule has 2 aromatic rings. The molecule has 10 heteroatoms. The van der Waals surface area contributed by atoms with E-state index in [1.54, 1.807) is 11.6 Å². The Hall–Kier alpha value is -2.20. The molecular weight excluding hydrogens is 342 g/mol. The highest BCUT2D eigenvalue weighted by Crippen LogP contribution is 2.20. The molecule has 0 aliphatic carbocycles. The van der Waals surface area contributed by atoms with Gasteiger partial charge in [-0.25, -0.2) is 28.1 Å². The number of anilines is 2. The van der Waals surface area contributed by atoms with Crippen LogP contribution in [-0.2, 0) is 17.1 Å². The Morgan fingerprint density at radius 3 is 2.64 bits per heavy atom. The first-order valence-corrected chi connectivity index (χ1v) is 9.74. The minimum absolute atomic E-state index is 0.0178. The highest BCUT2D eigenvalue weighted by molar-refractivity contribution is 7.89. The van der Waals surface area contributed by atoms with Gasteiger partial charge in [-0.2, -0.15) is 0 Å². The van der Waals surface area contributed by atoms with Gasteiger partial charge >= 0.3 is 0 Å². The Balaban J connectivity index is 1.55. The van der Waals surface area contributed by atoms with E-state index < -0.39 is 10.0 Å². The lowest BCUT2D eigenvalue weighted by Crippen LogP contribution is -2.29. The molecular formula is C15H23N7O2S. The molecule has 1 fully saturated rings. The van der Waals surface area contributed by atoms with Crippen LogP contribution in [0, 0.1) is 6.92 Å². The predicted molar refractivity (Wildman–Crippen MR) is 95.1 cm³/mol. The van der Waals surface area contributed by atoms with Crippen LogP contribution in [0.1, 0.15) is 18.7 Å². The summed E-state index contributed by atoms with van der Waals surface area (Å²) in [6.45, 7) is 4.54. The van der Waals surface area contributed by atoms with Crippen LogP contribution in [0.2, 0.25) is 0 Å². The third kappa shape index (κ3) is 4.45. The standard InChI is InChI=1S/C15H23N7O2S/c1-12-19-13(9-14(20-12)22-7-3-4-8-22)16-5-6-18-25(23,24)15-10-21(2)11-17-15/h9-11,18H,3-8H2,1-2H3,(H,16,19,20). The Morgan fingerprint density at radius 1 is 1.20 bits per heavy atom. The molecule has 2 N–H and O–H groups in total. The predicted octanol–water partition coefficient (Wildman–Crippen LogP) is 0.509. The molecule has 0 radical (unpaired) electrons. The van der Waals surface area contributed by atoms with Gasteiger partial charge < -0.3 is 14.8 Å². The van der Waals surface area contributed by atoms with Gasteiger partial charge in [0.25, 0.3) is 10.0 Å². The van der Waals surface area contributed by atoms with E-state index in [1.165, 1.54) is 25.4 Å². The Bertz CT molecular complexity index is 828. The van der Waals surface area contributed by atoms with Gasteiger partial charge in [0, 0.05) is 45.5 Å². The second-order valence-electron chi connectivity index (χ2n) is 6.05. The summed E-state index contributed by atoms with van der Waals surface area (Å²) in [4.78, 5) is 14.9. The summed E-state index contributed by atoms with van der Waals surface area (Å²) in [5.74, 6) is 2.31. The summed E-state index contributed by atoms with van der Waals surface area (Å²) in [6.07, 6.45) is 5.28. The smallest absolute Gasteiger partial charge is 0.259 e. The number of rotatable bonds is 7. The van der Waals surface area contributed by atoms with Crippen molar-refractivity contribution < 1.29 is 8.42 Å². The van der Waals surface area contributed by atoms with Crippen LogP contribution in [0.4, 0.5) is 11.6 Å². The van der Waals surface area contributed by atoms with Crippen LogP contribution >= 0.6 is 0 Å². The maximum absolute atomic E-state index is 12.1. The fourth-order valence-corrected chi connectivity index (χ4v) is 3.74. The minimum atomic E-state index is -3.59. The Kier molecular flexibility index (Phi) is 5.19. The fourth-order valence-electron chi connectivity index (χ4n) is 2.73. The number of nitrogens with zero attached hydrogens (tertiary/aromatic N) is 5. The normalized spacial score (nSPS) is 14.9. The quantitative estimate of drug-likeness (QED) is 0.689. The van der Waals surface area contributed by atoms with E-state index in [9.17, 15) is 8.42 Å². The molecule has 0 bridgehead atoms. The lowest BCUT2D eigenvalue weighted by Gasteiger charge is -2.17. The minimum Gasteiger partial charge on any atom is -0.369 e. The molecule has 1 aliphatic rings. The summed E-state index contributed by atoms with van der Waals surface area (Å²) in [5, 5.41) is 3.17. The third-order valence-corrected chi connectivity index (χ3v) is 5.28. The van der Waals surface area contributed by atoms with Crippen LogP contribution in [0.3, 0.4) is 0 Å². The molecule has 0 atom stereocenters. The van der Waals surface area contributed by atoms with E-state index in [-0.39, 0.29) is 11.6 Å². The molecule has 136 valence electrons. The summed E-state index contributed by atoms with van der Waals surface area (Å²) < 4.78 is 28.3. The van der Waals surface area contributed by atoms with Gasteiger partial charge in [-0.05, 0) is 19.8 Å². The van der Waals surface area contributed by atoms with Crippen LogP contribution < -0.4 is 14.9 Å². The number of sulfonamides is 1. The van der Waals surface area contributed by atoms with Crippen LogP contribution in [0.15, 0.2) is 23.6 Å². The molecule has 0 unspecified atom stereocenters. The van der Waals surface area contributed by atoms with Gasteiger partial charge in [-0.3, -0.25) is 0 Å². The van der Waals surface area contributed by atoms with Crippen LogP contribution in [0.5, 0.6) is 0 Å². The first-order chi connectivity index (χ1) is 11.9. The largest absolute Gasteiger partial charge is 0.369 e. The number of hydrogen-bond donors (Lipinski definition) is 2. The van der Waals surface area contributed by atoms with Gasteiger partial charge in [0.2, 0.25) is 0 Å². The van der Waals surface area contributed by atoms with Crippen molar-refractivity contribution in [3.05, 3.63) is 24.4 Å². The highest BCUT2D eigenvalue weighted by Gasteiger charge is 2.17. The van der Waals surface area contributed by atoms with Crippen molar-refractivity contribution in [1.82, 2.24) is 24.2 Å². The maximum atomic E-state index is 12.1. The zero-order valence-corrected chi connectivity index (χ0v) is 15.3. The van der Waals surface area contributed by atoms with Crippen molar-refractivity contribution in [2.75, 3.05) is 36.4 Å². The first kappa shape index (κ1) is 17.6. The third-order valence-electron chi connectivity index (χ3n) is 3.93. The lowest BCUT2D eigenvalue weighted by molar-refractivity contribution is 0.579. The second-order valence-corrected chi connectivity index (χ2v) is 7.77. The summed E-state index contributed by atoms with van der Waals surface area (Å²) in [5.41, 5.74) is 0. The van der Waals surface area contributed by atoms with Crippen molar-refractivity contribution in [3.8, 4) is 0 Å². The van der Waals surface area contributed by atoms with Crippen LogP contribution in [-0.4, -0.2) is 54.1 Å². The van der Waals surface area contributed by atoms with E-state index in [4.69, 9.17) is 0 Å². The van der Waals surface area contributed by atoms with Crippen molar-refractivity contribution in [1.29, 1.82) is 0 Å². The molecule has 1 saturated heterocycles. The maximum Gasteiger partial charge on any atom is 0.259 e. The summed E-state index contributed by atoms with van der Waals surface area (Å²) in [7, 11) is -1.86.